The van der Waals surface area contributed by atoms with E-state index in [0.29, 0.717) is 33.9 Å². The first kappa shape index (κ1) is 19.8. The number of rotatable bonds is 3. The Morgan fingerprint density at radius 2 is 2.11 bits per heavy atom. The number of thioether (sulfide) groups is 1. The van der Waals surface area contributed by atoms with Gasteiger partial charge in [0.25, 0.3) is 5.56 Å². The van der Waals surface area contributed by atoms with Gasteiger partial charge in [-0.15, -0.1) is 0 Å². The van der Waals surface area contributed by atoms with Crippen LogP contribution < -0.4 is 15.6 Å². The molecule has 0 aliphatic carbocycles. The molecule has 1 aromatic carbocycles. The third-order valence-corrected chi connectivity index (χ3v) is 5.78. The van der Waals surface area contributed by atoms with Crippen molar-refractivity contribution in [3.8, 4) is 5.75 Å². The van der Waals surface area contributed by atoms with E-state index >= 15 is 0 Å². The lowest BCUT2D eigenvalue weighted by atomic mass is 9.92. The molecule has 1 N–H and O–H groups in total. The zero-order valence-corrected chi connectivity index (χ0v) is 17.3. The van der Waals surface area contributed by atoms with Crippen molar-refractivity contribution in [3.63, 3.8) is 0 Å². The molecule has 1 unspecified atom stereocenters. The fourth-order valence-electron chi connectivity index (χ4n) is 2.74. The van der Waals surface area contributed by atoms with Crippen LogP contribution in [0.5, 0.6) is 5.75 Å². The third-order valence-electron chi connectivity index (χ3n) is 4.35. The Balaban J connectivity index is 1.77. The highest BCUT2D eigenvalue weighted by Gasteiger charge is 2.28. The fraction of sp³-hybridized carbons (Fsp3) is 0.421. The Kier molecular flexibility index (Phi) is 5.53. The van der Waals surface area contributed by atoms with Crippen LogP contribution in [0, 0.1) is 5.92 Å². The standard InChI is InChI=1S/C19H22ClN3O3S/c1-19(2,3)15-8-16(24)23-9-11(10-27-18(23)22-15)17(25)21-12-5-6-14(26-4)13(20)7-12/h5-8,11H,9-10H2,1-4H3,(H,21,25). The van der Waals surface area contributed by atoms with Crippen LogP contribution in [-0.2, 0) is 16.8 Å². The summed E-state index contributed by atoms with van der Waals surface area (Å²) < 4.78 is 6.69. The molecule has 3 rings (SSSR count). The molecule has 1 aliphatic rings. The largest absolute Gasteiger partial charge is 0.495 e. The minimum atomic E-state index is -0.330. The Morgan fingerprint density at radius 3 is 2.74 bits per heavy atom. The number of amides is 1. The fourth-order valence-corrected chi connectivity index (χ4v) is 4.09. The maximum absolute atomic E-state index is 12.6. The molecule has 1 aromatic heterocycles. The van der Waals surface area contributed by atoms with Crippen molar-refractivity contribution in [2.45, 2.75) is 37.9 Å². The Labute approximate surface area is 167 Å². The zero-order valence-electron chi connectivity index (χ0n) is 15.7. The van der Waals surface area contributed by atoms with Crippen LogP contribution in [0.2, 0.25) is 5.02 Å². The highest BCUT2D eigenvalue weighted by molar-refractivity contribution is 7.99. The maximum Gasteiger partial charge on any atom is 0.254 e. The second-order valence-corrected chi connectivity index (χ2v) is 8.86. The number of nitrogens with zero attached hydrogens (tertiary/aromatic N) is 2. The second-order valence-electron chi connectivity index (χ2n) is 7.47. The molecule has 27 heavy (non-hydrogen) atoms. The summed E-state index contributed by atoms with van der Waals surface area (Å²) in [5.41, 5.74) is 1.04. The zero-order chi connectivity index (χ0) is 19.8. The molecule has 0 fully saturated rings. The lowest BCUT2D eigenvalue weighted by Crippen LogP contribution is -2.37. The van der Waals surface area contributed by atoms with E-state index < -0.39 is 0 Å². The molecule has 1 atom stereocenters. The van der Waals surface area contributed by atoms with Gasteiger partial charge < -0.3 is 10.1 Å². The monoisotopic (exact) mass is 407 g/mol. The summed E-state index contributed by atoms with van der Waals surface area (Å²) in [5.74, 6) is 0.629. The highest BCUT2D eigenvalue weighted by atomic mass is 35.5. The van der Waals surface area contributed by atoms with Crippen LogP contribution in [0.4, 0.5) is 5.69 Å². The number of benzene rings is 1. The number of hydrogen-bond acceptors (Lipinski definition) is 5. The van der Waals surface area contributed by atoms with Gasteiger partial charge in [-0.2, -0.15) is 0 Å². The van der Waals surface area contributed by atoms with Gasteiger partial charge in [0, 0.05) is 29.5 Å². The van der Waals surface area contributed by atoms with Gasteiger partial charge in [0.1, 0.15) is 5.75 Å². The second kappa shape index (κ2) is 7.56. The maximum atomic E-state index is 12.6. The summed E-state index contributed by atoms with van der Waals surface area (Å²) in [7, 11) is 1.53. The van der Waals surface area contributed by atoms with E-state index in [4.69, 9.17) is 16.3 Å². The predicted molar refractivity (Wildman–Crippen MR) is 108 cm³/mol. The number of methoxy groups -OCH3 is 1. The lowest BCUT2D eigenvalue weighted by molar-refractivity contribution is -0.119. The normalized spacial score (nSPS) is 16.6. The first-order chi connectivity index (χ1) is 12.7. The van der Waals surface area contributed by atoms with Crippen LogP contribution in [0.1, 0.15) is 26.5 Å². The Hall–Kier alpha value is -1.99. The predicted octanol–water partition coefficient (Wildman–Crippen LogP) is 3.56. The SMILES string of the molecule is COc1ccc(NC(=O)C2CSc3nc(C(C)(C)C)cc(=O)n3C2)cc1Cl. The first-order valence-electron chi connectivity index (χ1n) is 8.58. The third kappa shape index (κ3) is 4.30. The summed E-state index contributed by atoms with van der Waals surface area (Å²) in [4.78, 5) is 29.8. The molecule has 1 amide bonds. The van der Waals surface area contributed by atoms with E-state index in [-0.39, 0.29) is 22.8 Å². The molecule has 2 aromatic rings. The van der Waals surface area contributed by atoms with Crippen LogP contribution in [-0.4, -0.2) is 28.3 Å². The average molecular weight is 408 g/mol. The number of carbonyl (C=O) groups is 1. The molecule has 1 aliphatic heterocycles. The summed E-state index contributed by atoms with van der Waals surface area (Å²) in [6, 6.07) is 6.64. The Morgan fingerprint density at radius 1 is 1.37 bits per heavy atom. The van der Waals surface area contributed by atoms with Gasteiger partial charge in [-0.3, -0.25) is 14.2 Å². The summed E-state index contributed by atoms with van der Waals surface area (Å²) in [5, 5.41) is 3.96. The van der Waals surface area contributed by atoms with Crippen molar-refractivity contribution < 1.29 is 9.53 Å². The highest BCUT2D eigenvalue weighted by Crippen LogP contribution is 2.30. The van der Waals surface area contributed by atoms with E-state index in [2.05, 4.69) is 10.3 Å². The first-order valence-corrected chi connectivity index (χ1v) is 9.95. The molecular weight excluding hydrogens is 386 g/mol. The average Bonchev–Trinajstić information content (AvgIpc) is 2.60. The number of fused-ring (bicyclic) bond motifs is 1. The van der Waals surface area contributed by atoms with Gasteiger partial charge in [0.05, 0.1) is 23.7 Å². The van der Waals surface area contributed by atoms with E-state index in [1.165, 1.54) is 18.9 Å². The van der Waals surface area contributed by atoms with Gasteiger partial charge in [-0.05, 0) is 18.2 Å². The number of anilines is 1. The molecule has 0 saturated carbocycles. The molecule has 144 valence electrons. The number of nitrogens with one attached hydrogen (secondary N) is 1. The smallest absolute Gasteiger partial charge is 0.254 e. The number of ether oxygens (including phenoxy) is 1. The molecule has 0 bridgehead atoms. The van der Waals surface area contributed by atoms with Gasteiger partial charge in [0.2, 0.25) is 5.91 Å². The van der Waals surface area contributed by atoms with Gasteiger partial charge in [0.15, 0.2) is 5.16 Å². The van der Waals surface area contributed by atoms with Gasteiger partial charge in [-0.1, -0.05) is 44.1 Å². The van der Waals surface area contributed by atoms with Crippen molar-refractivity contribution in [1.29, 1.82) is 0 Å². The van der Waals surface area contributed by atoms with Crippen molar-refractivity contribution >= 4 is 35.0 Å². The van der Waals surface area contributed by atoms with Crippen molar-refractivity contribution in [3.05, 3.63) is 45.3 Å². The topological polar surface area (TPSA) is 73.2 Å². The minimum absolute atomic E-state index is 0.123. The van der Waals surface area contributed by atoms with Crippen LogP contribution in [0.25, 0.3) is 0 Å². The van der Waals surface area contributed by atoms with Gasteiger partial charge >= 0.3 is 0 Å². The molecule has 0 spiro atoms. The summed E-state index contributed by atoms with van der Waals surface area (Å²) in [6.07, 6.45) is 0. The van der Waals surface area contributed by atoms with Crippen molar-refractivity contribution in [1.82, 2.24) is 9.55 Å². The molecule has 2 heterocycles. The summed E-state index contributed by atoms with van der Waals surface area (Å²) in [6.45, 7) is 6.38. The summed E-state index contributed by atoms with van der Waals surface area (Å²) >= 11 is 7.54. The van der Waals surface area contributed by atoms with Crippen LogP contribution in [0.3, 0.4) is 0 Å². The number of carbonyl (C=O) groups excluding carboxylic acids is 1. The molecular formula is C19H22ClN3O3S. The van der Waals surface area contributed by atoms with E-state index in [0.717, 1.165) is 5.69 Å². The van der Waals surface area contributed by atoms with Crippen LogP contribution in [0.15, 0.2) is 34.2 Å². The molecule has 0 saturated heterocycles. The van der Waals surface area contributed by atoms with E-state index in [9.17, 15) is 9.59 Å². The minimum Gasteiger partial charge on any atom is -0.495 e. The van der Waals surface area contributed by atoms with Crippen molar-refractivity contribution in [2.24, 2.45) is 5.92 Å². The Bertz CT molecular complexity index is 937. The molecule has 0 radical (unpaired) electrons. The van der Waals surface area contributed by atoms with E-state index in [1.807, 2.05) is 20.8 Å². The molecule has 6 nitrogen and oxygen atoms in total. The quantitative estimate of drug-likeness (QED) is 0.787. The van der Waals surface area contributed by atoms with Crippen LogP contribution >= 0.6 is 23.4 Å². The van der Waals surface area contributed by atoms with Crippen molar-refractivity contribution in [2.75, 3.05) is 18.2 Å². The molecule has 8 heteroatoms. The number of aromatic nitrogens is 2. The number of halogens is 1. The van der Waals surface area contributed by atoms with Gasteiger partial charge in [-0.25, -0.2) is 4.98 Å². The number of hydrogen-bond donors (Lipinski definition) is 1. The lowest BCUT2D eigenvalue weighted by Gasteiger charge is -2.26. The van der Waals surface area contributed by atoms with E-state index in [1.54, 1.807) is 28.8 Å².